The quantitative estimate of drug-likeness (QED) is 0.530. The Morgan fingerprint density at radius 2 is 1.62 bits per heavy atom. The number of anilines is 1. The number of hydrogen-bond acceptors (Lipinski definition) is 6. The molecule has 0 saturated carbocycles. The minimum atomic E-state index is -0.706. The van der Waals surface area contributed by atoms with Crippen LogP contribution in [0.15, 0.2) is 64.2 Å². The fourth-order valence-electron chi connectivity index (χ4n) is 4.03. The normalized spacial score (nSPS) is 14.2. The van der Waals surface area contributed by atoms with Gasteiger partial charge in [-0.3, -0.25) is 19.1 Å². The van der Waals surface area contributed by atoms with Gasteiger partial charge in [-0.15, -0.1) is 0 Å². The molecule has 2 aromatic carbocycles. The van der Waals surface area contributed by atoms with Crippen LogP contribution in [0.4, 0.5) is 5.69 Å². The highest BCUT2D eigenvalue weighted by Gasteiger charge is 2.19. The summed E-state index contributed by atoms with van der Waals surface area (Å²) in [5.74, 6) is -0.574. The predicted octanol–water partition coefficient (Wildman–Crippen LogP) is 1.18. The zero-order valence-electron chi connectivity index (χ0n) is 19.6. The van der Waals surface area contributed by atoms with E-state index in [1.807, 2.05) is 25.1 Å². The lowest BCUT2D eigenvalue weighted by atomic mass is 10.2. The number of amides is 1. The number of aromatic nitrogens is 3. The Morgan fingerprint density at radius 1 is 0.941 bits per heavy atom. The molecule has 0 bridgehead atoms. The molecular weight excluding hydrogens is 432 g/mol. The SMILES string of the molecule is Cc1ccc(-n2nc(C(=O)NCCCN3CCN(c4ccccc4)CC3)c(=O)n(C)c2=O)cc1. The summed E-state index contributed by atoms with van der Waals surface area (Å²) in [4.78, 5) is 42.5. The van der Waals surface area contributed by atoms with Gasteiger partial charge in [-0.2, -0.15) is 9.78 Å². The van der Waals surface area contributed by atoms with Crippen molar-refractivity contribution in [2.24, 2.45) is 7.05 Å². The summed E-state index contributed by atoms with van der Waals surface area (Å²) >= 11 is 0. The van der Waals surface area contributed by atoms with E-state index in [1.165, 1.54) is 12.7 Å². The van der Waals surface area contributed by atoms with Crippen molar-refractivity contribution in [1.29, 1.82) is 0 Å². The summed E-state index contributed by atoms with van der Waals surface area (Å²) in [5.41, 5.74) is 1.17. The van der Waals surface area contributed by atoms with Crippen LogP contribution in [-0.4, -0.2) is 64.4 Å². The van der Waals surface area contributed by atoms with Crippen molar-refractivity contribution in [3.8, 4) is 5.69 Å². The van der Waals surface area contributed by atoms with Gasteiger partial charge in [0, 0.05) is 45.5 Å². The molecule has 1 saturated heterocycles. The van der Waals surface area contributed by atoms with E-state index in [2.05, 4.69) is 44.5 Å². The third kappa shape index (κ3) is 5.26. The molecule has 9 heteroatoms. The maximum absolute atomic E-state index is 12.7. The Kier molecular flexibility index (Phi) is 7.22. The van der Waals surface area contributed by atoms with E-state index < -0.39 is 17.2 Å². The first kappa shape index (κ1) is 23.4. The lowest BCUT2D eigenvalue weighted by Crippen LogP contribution is -2.47. The lowest BCUT2D eigenvalue weighted by Gasteiger charge is -2.36. The molecule has 0 radical (unpaired) electrons. The molecule has 4 rings (SSSR count). The van der Waals surface area contributed by atoms with E-state index >= 15 is 0 Å². The second kappa shape index (κ2) is 10.5. The van der Waals surface area contributed by atoms with E-state index in [1.54, 1.807) is 12.1 Å². The second-order valence-electron chi connectivity index (χ2n) is 8.52. The fraction of sp³-hybridized carbons (Fsp3) is 0.360. The summed E-state index contributed by atoms with van der Waals surface area (Å²) in [6.45, 7) is 7.08. The van der Waals surface area contributed by atoms with Crippen molar-refractivity contribution in [3.63, 3.8) is 0 Å². The van der Waals surface area contributed by atoms with Crippen LogP contribution in [0.1, 0.15) is 22.5 Å². The molecule has 3 aromatic rings. The van der Waals surface area contributed by atoms with Gasteiger partial charge in [-0.05, 0) is 44.2 Å². The number of para-hydroxylation sites is 1. The molecule has 1 amide bonds. The summed E-state index contributed by atoms with van der Waals surface area (Å²) in [6, 6.07) is 17.5. The zero-order valence-corrected chi connectivity index (χ0v) is 19.6. The zero-order chi connectivity index (χ0) is 24.1. The highest BCUT2D eigenvalue weighted by molar-refractivity contribution is 5.91. The van der Waals surface area contributed by atoms with Gasteiger partial charge in [0.25, 0.3) is 11.5 Å². The number of nitrogens with one attached hydrogen (secondary N) is 1. The van der Waals surface area contributed by atoms with Crippen molar-refractivity contribution < 1.29 is 4.79 Å². The van der Waals surface area contributed by atoms with Crippen LogP contribution >= 0.6 is 0 Å². The fourth-order valence-corrected chi connectivity index (χ4v) is 4.03. The van der Waals surface area contributed by atoms with Crippen LogP contribution < -0.4 is 21.5 Å². The number of carbonyl (C=O) groups is 1. The van der Waals surface area contributed by atoms with Gasteiger partial charge in [0.2, 0.25) is 5.69 Å². The van der Waals surface area contributed by atoms with Crippen molar-refractivity contribution in [2.75, 3.05) is 44.2 Å². The molecule has 1 N–H and O–H groups in total. The topological polar surface area (TPSA) is 92.5 Å². The van der Waals surface area contributed by atoms with Crippen LogP contribution in [0.25, 0.3) is 5.69 Å². The van der Waals surface area contributed by atoms with Crippen LogP contribution in [-0.2, 0) is 7.05 Å². The molecule has 0 atom stereocenters. The molecule has 34 heavy (non-hydrogen) atoms. The van der Waals surface area contributed by atoms with Crippen molar-refractivity contribution >= 4 is 11.6 Å². The molecule has 1 aromatic heterocycles. The Hall–Kier alpha value is -3.72. The first-order valence-electron chi connectivity index (χ1n) is 11.5. The Balaban J connectivity index is 1.32. The van der Waals surface area contributed by atoms with Crippen LogP contribution in [0, 0.1) is 6.92 Å². The average molecular weight is 463 g/mol. The second-order valence-corrected chi connectivity index (χ2v) is 8.52. The maximum atomic E-state index is 12.7. The molecule has 0 spiro atoms. The third-order valence-corrected chi connectivity index (χ3v) is 6.10. The molecule has 178 valence electrons. The predicted molar refractivity (Wildman–Crippen MR) is 132 cm³/mol. The maximum Gasteiger partial charge on any atom is 0.351 e. The molecule has 0 aliphatic carbocycles. The number of aryl methyl sites for hydroxylation is 1. The van der Waals surface area contributed by atoms with Gasteiger partial charge < -0.3 is 10.2 Å². The van der Waals surface area contributed by atoms with E-state index in [9.17, 15) is 14.4 Å². The summed E-state index contributed by atoms with van der Waals surface area (Å²) in [7, 11) is 1.35. The number of hydrogen-bond donors (Lipinski definition) is 1. The molecule has 9 nitrogen and oxygen atoms in total. The van der Waals surface area contributed by atoms with Crippen molar-refractivity contribution in [1.82, 2.24) is 24.6 Å². The highest BCUT2D eigenvalue weighted by Crippen LogP contribution is 2.15. The van der Waals surface area contributed by atoms with Gasteiger partial charge >= 0.3 is 5.69 Å². The van der Waals surface area contributed by atoms with Gasteiger partial charge in [0.1, 0.15) is 0 Å². The lowest BCUT2D eigenvalue weighted by molar-refractivity contribution is 0.0941. The molecule has 0 unspecified atom stereocenters. The minimum Gasteiger partial charge on any atom is -0.369 e. The Morgan fingerprint density at radius 3 is 2.29 bits per heavy atom. The van der Waals surface area contributed by atoms with Crippen LogP contribution in [0.5, 0.6) is 0 Å². The number of piperazine rings is 1. The monoisotopic (exact) mass is 462 g/mol. The highest BCUT2D eigenvalue weighted by atomic mass is 16.2. The van der Waals surface area contributed by atoms with Crippen molar-refractivity contribution in [2.45, 2.75) is 13.3 Å². The van der Waals surface area contributed by atoms with Gasteiger partial charge in [0.05, 0.1) is 5.69 Å². The standard InChI is InChI=1S/C25H30N6O3/c1-19-9-11-21(12-10-19)31-25(34)28(2)24(33)22(27-31)23(32)26-13-6-14-29-15-17-30(18-16-29)20-7-4-3-5-8-20/h3-5,7-12H,6,13-18H2,1-2H3,(H,26,32). The first-order valence-corrected chi connectivity index (χ1v) is 11.5. The summed E-state index contributed by atoms with van der Waals surface area (Å²) < 4.78 is 2.00. The smallest absolute Gasteiger partial charge is 0.351 e. The van der Waals surface area contributed by atoms with Crippen molar-refractivity contribution in [3.05, 3.63) is 86.7 Å². The first-order chi connectivity index (χ1) is 16.4. The number of nitrogens with zero attached hydrogens (tertiary/aromatic N) is 5. The Labute approximate surface area is 198 Å². The van der Waals surface area contributed by atoms with Gasteiger partial charge in [-0.1, -0.05) is 35.9 Å². The van der Waals surface area contributed by atoms with E-state index in [-0.39, 0.29) is 5.69 Å². The molecule has 1 aliphatic heterocycles. The number of benzene rings is 2. The van der Waals surface area contributed by atoms with Crippen LogP contribution in [0.3, 0.4) is 0 Å². The number of rotatable bonds is 7. The summed E-state index contributed by atoms with van der Waals surface area (Å²) in [6.07, 6.45) is 0.759. The van der Waals surface area contributed by atoms with E-state index in [0.717, 1.165) is 54.0 Å². The minimum absolute atomic E-state index is 0.292. The van der Waals surface area contributed by atoms with Gasteiger partial charge in [-0.25, -0.2) is 4.79 Å². The van der Waals surface area contributed by atoms with Crippen LogP contribution in [0.2, 0.25) is 0 Å². The third-order valence-electron chi connectivity index (χ3n) is 6.10. The average Bonchev–Trinajstić information content (AvgIpc) is 2.87. The molecule has 1 aliphatic rings. The van der Waals surface area contributed by atoms with E-state index in [0.29, 0.717) is 12.2 Å². The number of carbonyl (C=O) groups excluding carboxylic acids is 1. The van der Waals surface area contributed by atoms with E-state index in [4.69, 9.17) is 0 Å². The summed E-state index contributed by atoms with van der Waals surface area (Å²) in [5, 5.41) is 6.86. The molecular formula is C25H30N6O3. The Bertz CT molecular complexity index is 1240. The molecule has 1 fully saturated rings. The van der Waals surface area contributed by atoms with Gasteiger partial charge in [0.15, 0.2) is 0 Å². The largest absolute Gasteiger partial charge is 0.369 e. The molecule has 2 heterocycles.